The van der Waals surface area contributed by atoms with Gasteiger partial charge in [0.2, 0.25) is 17.7 Å². The first-order chi connectivity index (χ1) is 12.2. The number of aryl methyl sites for hydroxylation is 1. The van der Waals surface area contributed by atoms with Crippen LogP contribution in [0.4, 0.5) is 5.69 Å². The van der Waals surface area contributed by atoms with Crippen LogP contribution in [0.3, 0.4) is 0 Å². The summed E-state index contributed by atoms with van der Waals surface area (Å²) in [7, 11) is -3.87. The zero-order valence-corrected chi connectivity index (χ0v) is 15.7. The van der Waals surface area contributed by atoms with Crippen LogP contribution in [0.25, 0.3) is 0 Å². The SMILES string of the molecule is CC(=O)N1CCN(C(=O)CS(=O)(=O)CC(=O)Nc2ccc(C)cc2)CC1. The molecule has 8 nitrogen and oxygen atoms in total. The lowest BCUT2D eigenvalue weighted by atomic mass is 10.2. The highest BCUT2D eigenvalue weighted by molar-refractivity contribution is 7.92. The number of carbonyl (C=O) groups is 3. The third kappa shape index (κ3) is 5.83. The molecule has 0 saturated carbocycles. The minimum absolute atomic E-state index is 0.0718. The average molecular weight is 381 g/mol. The Morgan fingerprint density at radius 1 is 0.962 bits per heavy atom. The molecule has 0 aromatic heterocycles. The number of benzene rings is 1. The summed E-state index contributed by atoms with van der Waals surface area (Å²) < 4.78 is 24.3. The molecule has 1 N–H and O–H groups in total. The first-order valence-electron chi connectivity index (χ1n) is 8.26. The minimum atomic E-state index is -3.87. The highest BCUT2D eigenvalue weighted by atomic mass is 32.2. The molecule has 0 spiro atoms. The monoisotopic (exact) mass is 381 g/mol. The first-order valence-corrected chi connectivity index (χ1v) is 10.1. The third-order valence-electron chi connectivity index (χ3n) is 4.11. The first kappa shape index (κ1) is 19.9. The van der Waals surface area contributed by atoms with Crippen molar-refractivity contribution < 1.29 is 22.8 Å². The molecule has 26 heavy (non-hydrogen) atoms. The van der Waals surface area contributed by atoms with Crippen molar-refractivity contribution >= 4 is 33.2 Å². The van der Waals surface area contributed by atoms with Gasteiger partial charge in [-0.3, -0.25) is 14.4 Å². The Hall–Kier alpha value is -2.42. The van der Waals surface area contributed by atoms with Crippen molar-refractivity contribution in [3.05, 3.63) is 29.8 Å². The van der Waals surface area contributed by atoms with E-state index in [-0.39, 0.29) is 5.91 Å². The van der Waals surface area contributed by atoms with Gasteiger partial charge >= 0.3 is 0 Å². The maximum absolute atomic E-state index is 12.2. The smallest absolute Gasteiger partial charge is 0.239 e. The Balaban J connectivity index is 1.85. The van der Waals surface area contributed by atoms with Crippen LogP contribution < -0.4 is 5.32 Å². The topological polar surface area (TPSA) is 104 Å². The van der Waals surface area contributed by atoms with Crippen molar-refractivity contribution in [1.82, 2.24) is 9.80 Å². The fraction of sp³-hybridized carbons (Fsp3) is 0.471. The van der Waals surface area contributed by atoms with Crippen LogP contribution >= 0.6 is 0 Å². The van der Waals surface area contributed by atoms with Gasteiger partial charge in [0.25, 0.3) is 0 Å². The van der Waals surface area contributed by atoms with E-state index >= 15 is 0 Å². The molecule has 1 aliphatic rings. The van der Waals surface area contributed by atoms with E-state index in [0.717, 1.165) is 5.56 Å². The number of anilines is 1. The molecule has 0 bridgehead atoms. The van der Waals surface area contributed by atoms with Gasteiger partial charge in [-0.25, -0.2) is 8.42 Å². The summed E-state index contributed by atoms with van der Waals surface area (Å²) in [6, 6.07) is 6.96. The molecule has 0 aliphatic carbocycles. The van der Waals surface area contributed by atoms with Crippen LogP contribution in [-0.4, -0.2) is 73.6 Å². The summed E-state index contributed by atoms with van der Waals surface area (Å²) in [6.07, 6.45) is 0. The molecule has 142 valence electrons. The van der Waals surface area contributed by atoms with Crippen molar-refractivity contribution in [3.63, 3.8) is 0 Å². The van der Waals surface area contributed by atoms with Crippen molar-refractivity contribution in [3.8, 4) is 0 Å². The number of nitrogens with one attached hydrogen (secondary N) is 1. The third-order valence-corrected chi connectivity index (χ3v) is 5.50. The number of nitrogens with zero attached hydrogens (tertiary/aromatic N) is 2. The second kappa shape index (κ2) is 8.31. The molecule has 1 aromatic carbocycles. The number of rotatable bonds is 5. The maximum Gasteiger partial charge on any atom is 0.239 e. The van der Waals surface area contributed by atoms with Gasteiger partial charge in [-0.15, -0.1) is 0 Å². The van der Waals surface area contributed by atoms with Gasteiger partial charge in [0, 0.05) is 38.8 Å². The molecular weight excluding hydrogens is 358 g/mol. The summed E-state index contributed by atoms with van der Waals surface area (Å²) in [5.74, 6) is -2.76. The van der Waals surface area contributed by atoms with E-state index < -0.39 is 33.2 Å². The maximum atomic E-state index is 12.2. The lowest BCUT2D eigenvalue weighted by Gasteiger charge is -2.34. The van der Waals surface area contributed by atoms with Crippen LogP contribution in [0, 0.1) is 6.92 Å². The molecule has 0 unspecified atom stereocenters. The van der Waals surface area contributed by atoms with E-state index in [1.54, 1.807) is 29.2 Å². The number of sulfone groups is 1. The Morgan fingerprint density at radius 3 is 2.04 bits per heavy atom. The van der Waals surface area contributed by atoms with Crippen molar-refractivity contribution in [2.75, 3.05) is 43.0 Å². The fourth-order valence-electron chi connectivity index (χ4n) is 2.63. The van der Waals surface area contributed by atoms with Gasteiger partial charge in [0.15, 0.2) is 9.84 Å². The quantitative estimate of drug-likeness (QED) is 0.776. The van der Waals surface area contributed by atoms with E-state index in [9.17, 15) is 22.8 Å². The van der Waals surface area contributed by atoms with Crippen LogP contribution in [0.5, 0.6) is 0 Å². The largest absolute Gasteiger partial charge is 0.339 e. The van der Waals surface area contributed by atoms with Crippen molar-refractivity contribution in [1.29, 1.82) is 0 Å². The molecule has 9 heteroatoms. The molecule has 0 atom stereocenters. The summed E-state index contributed by atoms with van der Waals surface area (Å²) in [6.45, 7) is 4.71. The number of hydrogen-bond acceptors (Lipinski definition) is 5. The highest BCUT2D eigenvalue weighted by Gasteiger charge is 2.27. The van der Waals surface area contributed by atoms with Crippen molar-refractivity contribution in [2.24, 2.45) is 0 Å². The van der Waals surface area contributed by atoms with Crippen LogP contribution in [0.1, 0.15) is 12.5 Å². The van der Waals surface area contributed by atoms with Gasteiger partial charge in [-0.05, 0) is 19.1 Å². The van der Waals surface area contributed by atoms with Gasteiger partial charge in [0.1, 0.15) is 11.5 Å². The standard InChI is InChI=1S/C17H23N3O5S/c1-13-3-5-15(6-4-13)18-16(22)11-26(24,25)12-17(23)20-9-7-19(8-10-20)14(2)21/h3-6H,7-12H2,1-2H3,(H,18,22). The normalized spacial score (nSPS) is 14.8. The summed E-state index contributed by atoms with van der Waals surface area (Å²) in [5.41, 5.74) is 1.52. The van der Waals surface area contributed by atoms with Crippen LogP contribution in [0.15, 0.2) is 24.3 Å². The lowest BCUT2D eigenvalue weighted by molar-refractivity contribution is -0.136. The van der Waals surface area contributed by atoms with E-state index in [1.807, 2.05) is 6.92 Å². The molecule has 1 aliphatic heterocycles. The van der Waals surface area contributed by atoms with E-state index in [0.29, 0.717) is 31.9 Å². The molecule has 1 aromatic rings. The summed E-state index contributed by atoms with van der Waals surface area (Å²) in [4.78, 5) is 38.4. The average Bonchev–Trinajstić information content (AvgIpc) is 2.56. The van der Waals surface area contributed by atoms with Gasteiger partial charge in [-0.2, -0.15) is 0 Å². The lowest BCUT2D eigenvalue weighted by Crippen LogP contribution is -2.51. The van der Waals surface area contributed by atoms with Gasteiger partial charge in [-0.1, -0.05) is 17.7 Å². The summed E-state index contributed by atoms with van der Waals surface area (Å²) in [5, 5.41) is 2.51. The van der Waals surface area contributed by atoms with E-state index in [1.165, 1.54) is 11.8 Å². The van der Waals surface area contributed by atoms with Crippen LogP contribution in [0.2, 0.25) is 0 Å². The Labute approximate surface area is 153 Å². The second-order valence-electron chi connectivity index (χ2n) is 6.33. The predicted octanol–water partition coefficient (Wildman–Crippen LogP) is 0.0390. The number of carbonyl (C=O) groups excluding carboxylic acids is 3. The number of piperazine rings is 1. The molecule has 2 rings (SSSR count). The molecule has 0 radical (unpaired) electrons. The Bertz CT molecular complexity index is 781. The molecule has 1 saturated heterocycles. The Kier molecular flexibility index (Phi) is 6.36. The van der Waals surface area contributed by atoms with Crippen molar-refractivity contribution in [2.45, 2.75) is 13.8 Å². The van der Waals surface area contributed by atoms with E-state index in [2.05, 4.69) is 5.32 Å². The molecule has 1 fully saturated rings. The second-order valence-corrected chi connectivity index (χ2v) is 8.40. The molecule has 1 heterocycles. The number of hydrogen-bond donors (Lipinski definition) is 1. The van der Waals surface area contributed by atoms with Crippen LogP contribution in [-0.2, 0) is 24.2 Å². The van der Waals surface area contributed by atoms with E-state index in [4.69, 9.17) is 0 Å². The zero-order valence-electron chi connectivity index (χ0n) is 14.9. The highest BCUT2D eigenvalue weighted by Crippen LogP contribution is 2.09. The fourth-order valence-corrected chi connectivity index (χ4v) is 3.77. The van der Waals surface area contributed by atoms with Gasteiger partial charge < -0.3 is 15.1 Å². The molecule has 3 amide bonds. The van der Waals surface area contributed by atoms with Gasteiger partial charge in [0.05, 0.1) is 0 Å². The Morgan fingerprint density at radius 2 is 1.50 bits per heavy atom. The minimum Gasteiger partial charge on any atom is -0.339 e. The zero-order chi connectivity index (χ0) is 19.3. The predicted molar refractivity (Wildman–Crippen MR) is 97.3 cm³/mol. The molecular formula is C17H23N3O5S. The number of amides is 3. The summed E-state index contributed by atoms with van der Waals surface area (Å²) >= 11 is 0.